The van der Waals surface area contributed by atoms with E-state index >= 15 is 0 Å². The van der Waals surface area contributed by atoms with E-state index in [2.05, 4.69) is 15.3 Å². The van der Waals surface area contributed by atoms with E-state index in [0.717, 1.165) is 53.3 Å². The van der Waals surface area contributed by atoms with E-state index in [9.17, 15) is 4.79 Å². The number of carbonyl (C=O) groups excluding carboxylic acids is 1. The van der Waals surface area contributed by atoms with Gasteiger partial charge in [0.05, 0.1) is 11.2 Å². The van der Waals surface area contributed by atoms with Crippen molar-refractivity contribution in [3.8, 4) is 0 Å². The highest BCUT2D eigenvalue weighted by Gasteiger charge is 2.18. The molecule has 5 nitrogen and oxygen atoms in total. The lowest BCUT2D eigenvalue weighted by Crippen LogP contribution is -2.38. The summed E-state index contributed by atoms with van der Waals surface area (Å²) in [4.78, 5) is 23.1. The van der Waals surface area contributed by atoms with Crippen molar-refractivity contribution in [3.05, 3.63) is 42.9 Å². The van der Waals surface area contributed by atoms with Gasteiger partial charge in [0.2, 0.25) is 0 Å². The van der Waals surface area contributed by atoms with Gasteiger partial charge in [-0.2, -0.15) is 0 Å². The average molecular weight is 306 g/mol. The molecule has 116 valence electrons. The number of nitrogens with zero attached hydrogens (tertiary/aromatic N) is 3. The molecule has 23 heavy (non-hydrogen) atoms. The molecule has 1 fully saturated rings. The minimum atomic E-state index is -0.0248. The predicted octanol–water partition coefficient (Wildman–Crippen LogP) is 3.80. The van der Waals surface area contributed by atoms with E-state index in [0.29, 0.717) is 0 Å². The fourth-order valence-electron chi connectivity index (χ4n) is 3.19. The average Bonchev–Trinajstić information content (AvgIpc) is 2.62. The van der Waals surface area contributed by atoms with Crippen LogP contribution in [-0.2, 0) is 0 Å². The lowest BCUT2D eigenvalue weighted by atomic mass is 10.1. The van der Waals surface area contributed by atoms with Crippen LogP contribution in [0.25, 0.3) is 21.7 Å². The van der Waals surface area contributed by atoms with E-state index in [1.807, 2.05) is 35.4 Å². The molecule has 1 aliphatic heterocycles. The first-order valence-electron chi connectivity index (χ1n) is 8.00. The Morgan fingerprint density at radius 2 is 1.96 bits per heavy atom. The van der Waals surface area contributed by atoms with E-state index < -0.39 is 0 Å². The molecule has 0 spiro atoms. The van der Waals surface area contributed by atoms with Crippen LogP contribution in [0.5, 0.6) is 0 Å². The molecular weight excluding hydrogens is 288 g/mol. The first kappa shape index (κ1) is 13.9. The molecule has 0 bridgehead atoms. The second-order valence-corrected chi connectivity index (χ2v) is 5.90. The van der Waals surface area contributed by atoms with Crippen molar-refractivity contribution in [2.75, 3.05) is 18.4 Å². The van der Waals surface area contributed by atoms with Gasteiger partial charge in [-0.25, -0.2) is 4.79 Å². The molecule has 3 aromatic rings. The quantitative estimate of drug-likeness (QED) is 0.696. The van der Waals surface area contributed by atoms with Crippen LogP contribution in [0.4, 0.5) is 10.5 Å². The minimum Gasteiger partial charge on any atom is -0.325 e. The molecule has 0 aliphatic carbocycles. The van der Waals surface area contributed by atoms with Gasteiger partial charge in [-0.1, -0.05) is 0 Å². The fourth-order valence-corrected chi connectivity index (χ4v) is 3.19. The molecule has 2 amide bonds. The van der Waals surface area contributed by atoms with Crippen LogP contribution >= 0.6 is 0 Å². The molecular formula is C18H18N4O. The van der Waals surface area contributed by atoms with Crippen molar-refractivity contribution < 1.29 is 4.79 Å². The number of nitrogens with one attached hydrogen (secondary N) is 1. The largest absolute Gasteiger partial charge is 0.325 e. The lowest BCUT2D eigenvalue weighted by Gasteiger charge is -2.27. The van der Waals surface area contributed by atoms with Crippen molar-refractivity contribution in [2.45, 2.75) is 19.3 Å². The number of urea groups is 1. The molecule has 1 aromatic carbocycles. The third kappa shape index (κ3) is 2.59. The molecule has 5 heteroatoms. The number of pyridine rings is 2. The van der Waals surface area contributed by atoms with Crippen LogP contribution in [0, 0.1) is 0 Å². The summed E-state index contributed by atoms with van der Waals surface area (Å²) in [5.74, 6) is 0. The summed E-state index contributed by atoms with van der Waals surface area (Å²) in [6.07, 6.45) is 8.72. The maximum absolute atomic E-state index is 12.5. The number of likely N-dealkylation sites (tertiary alicyclic amines) is 1. The Morgan fingerprint density at radius 3 is 2.83 bits per heavy atom. The summed E-state index contributed by atoms with van der Waals surface area (Å²) in [6, 6.07) is 7.80. The molecule has 1 N–H and O–H groups in total. The maximum atomic E-state index is 12.5. The van der Waals surface area contributed by atoms with Gasteiger partial charge in [-0.05, 0) is 48.9 Å². The molecule has 0 radical (unpaired) electrons. The molecule has 2 aromatic heterocycles. The van der Waals surface area contributed by atoms with Crippen molar-refractivity contribution >= 4 is 33.4 Å². The summed E-state index contributed by atoms with van der Waals surface area (Å²) in [5.41, 5.74) is 1.68. The molecule has 0 saturated carbocycles. The van der Waals surface area contributed by atoms with Gasteiger partial charge < -0.3 is 10.2 Å². The number of benzene rings is 1. The third-order valence-electron chi connectivity index (χ3n) is 4.39. The number of hydrogen-bond donors (Lipinski definition) is 1. The molecule has 0 unspecified atom stereocenters. The number of aromatic nitrogens is 2. The first-order valence-corrected chi connectivity index (χ1v) is 8.00. The van der Waals surface area contributed by atoms with Crippen molar-refractivity contribution in [3.63, 3.8) is 0 Å². The summed E-state index contributed by atoms with van der Waals surface area (Å²) in [7, 11) is 0. The zero-order valence-electron chi connectivity index (χ0n) is 12.8. The van der Waals surface area contributed by atoms with Gasteiger partial charge in [-0.3, -0.25) is 9.97 Å². The summed E-state index contributed by atoms with van der Waals surface area (Å²) >= 11 is 0. The predicted molar refractivity (Wildman–Crippen MR) is 91.5 cm³/mol. The van der Waals surface area contributed by atoms with Crippen LogP contribution < -0.4 is 5.32 Å². The smallest absolute Gasteiger partial charge is 0.321 e. The number of hydrogen-bond acceptors (Lipinski definition) is 3. The number of amides is 2. The number of anilines is 1. The normalized spacial score (nSPS) is 15.0. The Kier molecular flexibility index (Phi) is 3.54. The van der Waals surface area contributed by atoms with E-state index in [4.69, 9.17) is 0 Å². The van der Waals surface area contributed by atoms with E-state index in [1.54, 1.807) is 12.4 Å². The molecule has 1 aliphatic rings. The highest BCUT2D eigenvalue weighted by molar-refractivity contribution is 6.13. The van der Waals surface area contributed by atoms with E-state index in [-0.39, 0.29) is 6.03 Å². The SMILES string of the molecule is O=C(Nc1cc2ccncc2c2ncccc12)N1CCCCC1. The second-order valence-electron chi connectivity index (χ2n) is 5.90. The van der Waals surface area contributed by atoms with Gasteiger partial charge >= 0.3 is 6.03 Å². The standard InChI is InChI=1S/C18H18N4O/c23-18(22-9-2-1-3-10-22)21-16-11-13-6-8-19-12-15(13)17-14(16)5-4-7-20-17/h4-8,11-12H,1-3,9-10H2,(H,21,23). The van der Waals surface area contributed by atoms with E-state index in [1.165, 1.54) is 6.42 Å². The Bertz CT molecular complexity index is 871. The Morgan fingerprint density at radius 1 is 1.09 bits per heavy atom. The summed E-state index contributed by atoms with van der Waals surface area (Å²) in [5, 5.41) is 6.04. The van der Waals surface area contributed by atoms with Crippen LogP contribution in [0.2, 0.25) is 0 Å². The zero-order chi connectivity index (χ0) is 15.6. The topological polar surface area (TPSA) is 58.1 Å². The van der Waals surface area contributed by atoms with Gasteiger partial charge in [0, 0.05) is 42.5 Å². The fraction of sp³-hybridized carbons (Fsp3) is 0.278. The number of rotatable bonds is 1. The zero-order valence-corrected chi connectivity index (χ0v) is 12.8. The van der Waals surface area contributed by atoms with Crippen molar-refractivity contribution in [1.29, 1.82) is 0 Å². The third-order valence-corrected chi connectivity index (χ3v) is 4.39. The van der Waals surface area contributed by atoms with Crippen LogP contribution in [0.1, 0.15) is 19.3 Å². The monoisotopic (exact) mass is 306 g/mol. The maximum Gasteiger partial charge on any atom is 0.321 e. The van der Waals surface area contributed by atoms with Crippen LogP contribution in [0.3, 0.4) is 0 Å². The Balaban J connectivity index is 1.77. The number of piperidine rings is 1. The van der Waals surface area contributed by atoms with Crippen LogP contribution in [-0.4, -0.2) is 34.0 Å². The molecule has 3 heterocycles. The van der Waals surface area contributed by atoms with Crippen molar-refractivity contribution in [2.24, 2.45) is 0 Å². The van der Waals surface area contributed by atoms with Gasteiger partial charge in [0.25, 0.3) is 0 Å². The molecule has 0 atom stereocenters. The van der Waals surface area contributed by atoms with Gasteiger partial charge in [-0.15, -0.1) is 0 Å². The van der Waals surface area contributed by atoms with Gasteiger partial charge in [0.15, 0.2) is 0 Å². The summed E-state index contributed by atoms with van der Waals surface area (Å²) < 4.78 is 0. The molecule has 4 rings (SSSR count). The highest BCUT2D eigenvalue weighted by atomic mass is 16.2. The lowest BCUT2D eigenvalue weighted by molar-refractivity contribution is 0.200. The Hall–Kier alpha value is -2.69. The summed E-state index contributed by atoms with van der Waals surface area (Å²) in [6.45, 7) is 1.67. The van der Waals surface area contributed by atoms with Crippen molar-refractivity contribution in [1.82, 2.24) is 14.9 Å². The second kappa shape index (κ2) is 5.83. The first-order chi connectivity index (χ1) is 11.3. The Labute approximate surface area is 134 Å². The van der Waals surface area contributed by atoms with Crippen LogP contribution in [0.15, 0.2) is 42.9 Å². The molecule has 1 saturated heterocycles. The minimum absolute atomic E-state index is 0.0248. The number of fused-ring (bicyclic) bond motifs is 3. The highest BCUT2D eigenvalue weighted by Crippen LogP contribution is 2.30. The number of carbonyl (C=O) groups is 1. The van der Waals surface area contributed by atoms with Gasteiger partial charge in [0.1, 0.15) is 0 Å².